The Hall–Kier alpha value is -1.08. The van der Waals surface area contributed by atoms with Gasteiger partial charge in [0.2, 0.25) is 0 Å². The van der Waals surface area contributed by atoms with Crippen LogP contribution in [0, 0.1) is 0 Å². The van der Waals surface area contributed by atoms with E-state index < -0.39 is 0 Å². The van der Waals surface area contributed by atoms with Gasteiger partial charge >= 0.3 is 0 Å². The lowest BCUT2D eigenvalue weighted by molar-refractivity contribution is 0.728. The van der Waals surface area contributed by atoms with Crippen LogP contribution < -0.4 is 5.73 Å². The van der Waals surface area contributed by atoms with E-state index in [-0.39, 0.29) is 6.04 Å². The van der Waals surface area contributed by atoms with Gasteiger partial charge in [-0.1, -0.05) is 43.7 Å². The third-order valence-electron chi connectivity index (χ3n) is 2.89. The maximum absolute atomic E-state index is 6.16. The molecule has 1 aliphatic carbocycles. The van der Waals surface area contributed by atoms with E-state index >= 15 is 0 Å². The van der Waals surface area contributed by atoms with Crippen molar-refractivity contribution >= 4 is 6.08 Å². The van der Waals surface area contributed by atoms with E-state index in [0.29, 0.717) is 0 Å². The summed E-state index contributed by atoms with van der Waals surface area (Å²) < 4.78 is 0. The topological polar surface area (TPSA) is 26.0 Å². The highest BCUT2D eigenvalue weighted by Crippen LogP contribution is 2.34. The van der Waals surface area contributed by atoms with E-state index in [1.54, 1.807) is 0 Å². The average Bonchev–Trinajstić information content (AvgIpc) is 2.54. The first-order chi connectivity index (χ1) is 6.83. The van der Waals surface area contributed by atoms with Crippen molar-refractivity contribution in [1.29, 1.82) is 0 Å². The third kappa shape index (κ3) is 1.60. The molecule has 14 heavy (non-hydrogen) atoms. The molecule has 1 aliphatic rings. The molecule has 0 radical (unpaired) electrons. The fourth-order valence-corrected chi connectivity index (χ4v) is 2.02. The van der Waals surface area contributed by atoms with Crippen LogP contribution in [0.25, 0.3) is 6.08 Å². The van der Waals surface area contributed by atoms with E-state index in [0.717, 1.165) is 6.42 Å². The van der Waals surface area contributed by atoms with Crippen molar-refractivity contribution in [2.45, 2.75) is 32.2 Å². The quantitative estimate of drug-likeness (QED) is 0.772. The van der Waals surface area contributed by atoms with Crippen molar-refractivity contribution in [3.05, 3.63) is 41.0 Å². The van der Waals surface area contributed by atoms with Crippen molar-refractivity contribution in [3.8, 4) is 0 Å². The second kappa shape index (κ2) is 3.97. The maximum atomic E-state index is 6.16. The Bertz CT molecular complexity index is 352. The summed E-state index contributed by atoms with van der Waals surface area (Å²) in [4.78, 5) is 0. The van der Waals surface area contributed by atoms with Gasteiger partial charge in [-0.15, -0.1) is 0 Å². The molecule has 1 aromatic rings. The zero-order chi connectivity index (χ0) is 9.97. The average molecular weight is 187 g/mol. The zero-order valence-corrected chi connectivity index (χ0v) is 8.66. The summed E-state index contributed by atoms with van der Waals surface area (Å²) >= 11 is 0. The Morgan fingerprint density at radius 2 is 2.07 bits per heavy atom. The van der Waals surface area contributed by atoms with Crippen molar-refractivity contribution in [2.75, 3.05) is 0 Å². The molecule has 0 spiro atoms. The van der Waals surface area contributed by atoms with E-state index in [9.17, 15) is 0 Å². The van der Waals surface area contributed by atoms with Gasteiger partial charge < -0.3 is 5.73 Å². The molecule has 0 aromatic heterocycles. The standard InChI is InChI=1S/C13H17N/c1-2-3-6-11-9-10-7-4-5-8-12(10)13(11)14/h4-5,7-9,13H,2-3,6,14H2,1H3. The summed E-state index contributed by atoms with van der Waals surface area (Å²) in [5.74, 6) is 0. The number of unbranched alkanes of at least 4 members (excludes halogenated alkanes) is 1. The predicted molar refractivity (Wildman–Crippen MR) is 60.9 cm³/mol. The molecule has 1 unspecified atom stereocenters. The Balaban J connectivity index is 2.19. The molecule has 2 N–H and O–H groups in total. The van der Waals surface area contributed by atoms with Gasteiger partial charge in [0.05, 0.1) is 6.04 Å². The molecule has 0 aliphatic heterocycles. The minimum atomic E-state index is 0.151. The summed E-state index contributed by atoms with van der Waals surface area (Å²) in [6.45, 7) is 2.22. The van der Waals surface area contributed by atoms with Crippen LogP contribution >= 0.6 is 0 Å². The molecule has 1 aromatic carbocycles. The van der Waals surface area contributed by atoms with Crippen LogP contribution in [0.4, 0.5) is 0 Å². The predicted octanol–water partition coefficient (Wildman–Crippen LogP) is 3.27. The highest BCUT2D eigenvalue weighted by molar-refractivity contribution is 5.65. The Morgan fingerprint density at radius 3 is 2.79 bits per heavy atom. The monoisotopic (exact) mass is 187 g/mol. The molecule has 0 fully saturated rings. The van der Waals surface area contributed by atoms with Crippen molar-refractivity contribution < 1.29 is 0 Å². The molecule has 1 nitrogen and oxygen atoms in total. The minimum Gasteiger partial charge on any atom is -0.321 e. The Morgan fingerprint density at radius 1 is 1.29 bits per heavy atom. The van der Waals surface area contributed by atoms with E-state index in [4.69, 9.17) is 5.73 Å². The summed E-state index contributed by atoms with van der Waals surface area (Å²) in [6.07, 6.45) is 5.88. The van der Waals surface area contributed by atoms with Gasteiger partial charge in [-0.3, -0.25) is 0 Å². The highest BCUT2D eigenvalue weighted by atomic mass is 14.7. The maximum Gasteiger partial charge on any atom is 0.0520 e. The van der Waals surface area contributed by atoms with Gasteiger partial charge in [-0.05, 0) is 29.5 Å². The first-order valence-corrected chi connectivity index (χ1v) is 5.38. The fraction of sp³-hybridized carbons (Fsp3) is 0.385. The van der Waals surface area contributed by atoms with Gasteiger partial charge in [0, 0.05) is 0 Å². The molecule has 0 saturated heterocycles. The minimum absolute atomic E-state index is 0.151. The molecule has 2 rings (SSSR count). The smallest absolute Gasteiger partial charge is 0.0520 e. The van der Waals surface area contributed by atoms with Crippen LogP contribution in [0.15, 0.2) is 29.8 Å². The van der Waals surface area contributed by atoms with E-state index in [1.165, 1.54) is 29.5 Å². The summed E-state index contributed by atoms with van der Waals surface area (Å²) in [5, 5.41) is 0. The van der Waals surface area contributed by atoms with Crippen LogP contribution in [-0.4, -0.2) is 0 Å². The van der Waals surface area contributed by atoms with Crippen molar-refractivity contribution in [1.82, 2.24) is 0 Å². The van der Waals surface area contributed by atoms with Crippen LogP contribution in [0.5, 0.6) is 0 Å². The molecule has 1 heteroatoms. The van der Waals surface area contributed by atoms with Crippen molar-refractivity contribution in [2.24, 2.45) is 5.73 Å². The molecular weight excluding hydrogens is 170 g/mol. The van der Waals surface area contributed by atoms with Gasteiger partial charge in [-0.2, -0.15) is 0 Å². The number of hydrogen-bond donors (Lipinski definition) is 1. The normalized spacial score (nSPS) is 19.3. The van der Waals surface area contributed by atoms with Crippen LogP contribution in [-0.2, 0) is 0 Å². The molecule has 0 heterocycles. The van der Waals surface area contributed by atoms with E-state index in [1.807, 2.05) is 0 Å². The van der Waals surface area contributed by atoms with Gasteiger partial charge in [0.25, 0.3) is 0 Å². The van der Waals surface area contributed by atoms with Crippen LogP contribution in [0.2, 0.25) is 0 Å². The molecule has 74 valence electrons. The Kier molecular flexibility index (Phi) is 2.69. The molecule has 0 amide bonds. The van der Waals surface area contributed by atoms with Gasteiger partial charge in [0.1, 0.15) is 0 Å². The number of hydrogen-bond acceptors (Lipinski definition) is 1. The number of benzene rings is 1. The van der Waals surface area contributed by atoms with Gasteiger partial charge in [-0.25, -0.2) is 0 Å². The Labute approximate surface area is 85.6 Å². The lowest BCUT2D eigenvalue weighted by atomic mass is 10.0. The molecule has 1 atom stereocenters. The lowest BCUT2D eigenvalue weighted by Crippen LogP contribution is -2.09. The second-order valence-corrected chi connectivity index (χ2v) is 3.93. The SMILES string of the molecule is CCCCC1=Cc2ccccc2C1N. The first kappa shape index (κ1) is 9.47. The number of rotatable bonds is 3. The first-order valence-electron chi connectivity index (χ1n) is 5.38. The fourth-order valence-electron chi connectivity index (χ4n) is 2.02. The summed E-state index contributed by atoms with van der Waals surface area (Å²) in [7, 11) is 0. The molecule has 0 bridgehead atoms. The van der Waals surface area contributed by atoms with E-state index in [2.05, 4.69) is 37.3 Å². The number of nitrogens with two attached hydrogens (primary N) is 1. The third-order valence-corrected chi connectivity index (χ3v) is 2.89. The second-order valence-electron chi connectivity index (χ2n) is 3.93. The molecule has 0 saturated carbocycles. The van der Waals surface area contributed by atoms with Crippen LogP contribution in [0.1, 0.15) is 43.4 Å². The van der Waals surface area contributed by atoms with Gasteiger partial charge in [0.15, 0.2) is 0 Å². The molecular formula is C13H17N. The number of fused-ring (bicyclic) bond motifs is 1. The summed E-state index contributed by atoms with van der Waals surface area (Å²) in [6, 6.07) is 8.57. The summed E-state index contributed by atoms with van der Waals surface area (Å²) in [5.41, 5.74) is 10.2. The highest BCUT2D eigenvalue weighted by Gasteiger charge is 2.19. The van der Waals surface area contributed by atoms with Crippen LogP contribution in [0.3, 0.4) is 0 Å². The lowest BCUT2D eigenvalue weighted by Gasteiger charge is -2.10. The largest absolute Gasteiger partial charge is 0.321 e. The van der Waals surface area contributed by atoms with Crippen molar-refractivity contribution in [3.63, 3.8) is 0 Å². The zero-order valence-electron chi connectivity index (χ0n) is 8.66.